The molecule has 4 aliphatic rings. The van der Waals surface area contributed by atoms with Crippen molar-refractivity contribution >= 4 is 0 Å². The van der Waals surface area contributed by atoms with Crippen molar-refractivity contribution in [2.75, 3.05) is 13.2 Å². The summed E-state index contributed by atoms with van der Waals surface area (Å²) in [5.74, 6) is 0. The molecule has 4 aliphatic heterocycles. The Hall–Kier alpha value is -0.760. The van der Waals surface area contributed by atoms with Crippen LogP contribution in [0.15, 0.2) is 0 Å². The van der Waals surface area contributed by atoms with E-state index in [0.717, 1.165) is 0 Å². The first-order valence-corrected chi connectivity index (χ1v) is 13.8. The predicted molar refractivity (Wildman–Crippen MR) is 131 cm³/mol. The molecule has 0 saturated carbocycles. The molecule has 0 aromatic heterocycles. The molecule has 19 heteroatoms. The number of ether oxygens (including phenoxy) is 7. The molecule has 0 aromatic rings. The van der Waals surface area contributed by atoms with Crippen LogP contribution in [-0.2, 0) is 33.2 Å². The molecule has 0 bridgehead atoms. The van der Waals surface area contributed by atoms with Crippen molar-refractivity contribution in [1.29, 1.82) is 0 Å². The lowest BCUT2D eigenvalue weighted by Gasteiger charge is -2.49. The topological polar surface area (TPSA) is 307 Å². The van der Waals surface area contributed by atoms with Crippen molar-refractivity contribution in [3.63, 3.8) is 0 Å². The Kier molecular flexibility index (Phi) is 11.7. The van der Waals surface area contributed by atoms with Gasteiger partial charge in [0.25, 0.3) is 0 Å². The van der Waals surface area contributed by atoms with E-state index < -0.39 is 136 Å². The smallest absolute Gasteiger partial charge is 0.187 e. The predicted octanol–water partition coefficient (Wildman–Crippen LogP) is -7.69. The molecule has 20 atom stereocenters. The average Bonchev–Trinajstić information content (AvgIpc) is 2.98. The van der Waals surface area contributed by atoms with Crippen LogP contribution in [0.25, 0.3) is 0 Å². The number of rotatable bonds is 8. The van der Waals surface area contributed by atoms with Gasteiger partial charge in [-0.1, -0.05) is 0 Å². The number of hydrogen-bond donors (Lipinski definition) is 12. The summed E-state index contributed by atoms with van der Waals surface area (Å²) in [4.78, 5) is 0. The SMILES string of the molecule is CC1OC(OC2C(OC3C(CO)OC(O)C(O)C3OC3OC(C)C(O)C(O)C3O)OC(CO)C(O)C2O)C(O)C(O)C1O. The third-order valence-electron chi connectivity index (χ3n) is 8.13. The van der Waals surface area contributed by atoms with Crippen molar-refractivity contribution in [3.05, 3.63) is 0 Å². The van der Waals surface area contributed by atoms with Crippen LogP contribution in [0, 0.1) is 0 Å². The van der Waals surface area contributed by atoms with Gasteiger partial charge in [0.05, 0.1) is 25.4 Å². The minimum Gasteiger partial charge on any atom is -0.394 e. The zero-order valence-corrected chi connectivity index (χ0v) is 23.2. The van der Waals surface area contributed by atoms with Gasteiger partial charge in [-0.2, -0.15) is 0 Å². The van der Waals surface area contributed by atoms with Crippen LogP contribution in [0.1, 0.15) is 13.8 Å². The Balaban J connectivity index is 1.62. The van der Waals surface area contributed by atoms with E-state index in [2.05, 4.69) is 0 Å². The highest BCUT2D eigenvalue weighted by atomic mass is 16.8. The van der Waals surface area contributed by atoms with Gasteiger partial charge in [-0.15, -0.1) is 0 Å². The van der Waals surface area contributed by atoms with Gasteiger partial charge in [0.1, 0.15) is 85.5 Å². The highest BCUT2D eigenvalue weighted by molar-refractivity contribution is 4.97. The maximum atomic E-state index is 10.9. The molecule has 4 fully saturated rings. The zero-order valence-electron chi connectivity index (χ0n) is 23.2. The summed E-state index contributed by atoms with van der Waals surface area (Å²) in [7, 11) is 0. The molecule has 4 heterocycles. The second kappa shape index (κ2) is 14.3. The summed E-state index contributed by atoms with van der Waals surface area (Å²) < 4.78 is 38.9. The zero-order chi connectivity index (χ0) is 31.9. The van der Waals surface area contributed by atoms with Gasteiger partial charge in [0.2, 0.25) is 0 Å². The lowest BCUT2D eigenvalue weighted by Crippen LogP contribution is -2.67. The van der Waals surface area contributed by atoms with E-state index in [0.29, 0.717) is 0 Å². The van der Waals surface area contributed by atoms with Gasteiger partial charge in [0.15, 0.2) is 25.2 Å². The summed E-state index contributed by atoms with van der Waals surface area (Å²) in [6.45, 7) is 1.04. The summed E-state index contributed by atoms with van der Waals surface area (Å²) in [6, 6.07) is 0. The van der Waals surface area contributed by atoms with Crippen molar-refractivity contribution in [2.45, 2.75) is 137 Å². The Morgan fingerprint density at radius 1 is 0.419 bits per heavy atom. The fraction of sp³-hybridized carbons (Fsp3) is 1.00. The Morgan fingerprint density at radius 2 is 0.884 bits per heavy atom. The van der Waals surface area contributed by atoms with Crippen LogP contribution in [0.4, 0.5) is 0 Å². The minimum atomic E-state index is -1.97. The van der Waals surface area contributed by atoms with Crippen molar-refractivity contribution in [3.8, 4) is 0 Å². The molecular weight excluding hydrogens is 592 g/mol. The van der Waals surface area contributed by atoms with E-state index in [1.807, 2.05) is 0 Å². The van der Waals surface area contributed by atoms with Gasteiger partial charge in [-0.05, 0) is 13.8 Å². The second-order valence-corrected chi connectivity index (χ2v) is 11.1. The highest BCUT2D eigenvalue weighted by Gasteiger charge is 2.55. The van der Waals surface area contributed by atoms with Crippen LogP contribution >= 0.6 is 0 Å². The van der Waals surface area contributed by atoms with Crippen LogP contribution in [-0.4, -0.2) is 197 Å². The summed E-state index contributed by atoms with van der Waals surface area (Å²) in [5, 5.41) is 123. The number of aliphatic hydroxyl groups is 12. The molecule has 20 unspecified atom stereocenters. The van der Waals surface area contributed by atoms with E-state index in [9.17, 15) is 61.3 Å². The fourth-order valence-corrected chi connectivity index (χ4v) is 5.40. The maximum Gasteiger partial charge on any atom is 0.187 e. The van der Waals surface area contributed by atoms with E-state index in [1.165, 1.54) is 13.8 Å². The number of aliphatic hydroxyl groups excluding tert-OH is 12. The van der Waals surface area contributed by atoms with Crippen LogP contribution in [0.2, 0.25) is 0 Å². The third-order valence-corrected chi connectivity index (χ3v) is 8.13. The van der Waals surface area contributed by atoms with E-state index in [-0.39, 0.29) is 0 Å². The van der Waals surface area contributed by atoms with Crippen molar-refractivity contribution < 1.29 is 94.4 Å². The van der Waals surface area contributed by atoms with Crippen LogP contribution in [0.3, 0.4) is 0 Å². The molecular formula is C24H42O19. The molecule has 0 aromatic carbocycles. The van der Waals surface area contributed by atoms with E-state index in [1.54, 1.807) is 0 Å². The monoisotopic (exact) mass is 634 g/mol. The second-order valence-electron chi connectivity index (χ2n) is 11.1. The summed E-state index contributed by atoms with van der Waals surface area (Å²) in [6.07, 6.45) is -33.2. The Morgan fingerprint density at radius 3 is 1.37 bits per heavy atom. The van der Waals surface area contributed by atoms with Gasteiger partial charge >= 0.3 is 0 Å². The lowest BCUT2D eigenvalue weighted by molar-refractivity contribution is -0.398. The molecule has 0 amide bonds. The van der Waals surface area contributed by atoms with Crippen LogP contribution in [0.5, 0.6) is 0 Å². The molecule has 12 N–H and O–H groups in total. The van der Waals surface area contributed by atoms with E-state index >= 15 is 0 Å². The molecule has 4 saturated heterocycles. The highest BCUT2D eigenvalue weighted by Crippen LogP contribution is 2.35. The minimum absolute atomic E-state index is 0.832. The standard InChI is InChI=1S/C24H42O19/c1-5-9(27)12(30)15(33)22(37-5)42-19-17(35)21(36)39-8(4-26)18(19)41-24-20(14(32)11(29)7(3-25)40-24)43-23-16(34)13(31)10(28)6(2)38-23/h5-36H,3-4H2,1-2H3. The Bertz CT molecular complexity index is 886. The quantitative estimate of drug-likeness (QED) is 0.118. The normalized spacial score (nSPS) is 54.8. The Labute approximate surface area is 244 Å². The first-order valence-electron chi connectivity index (χ1n) is 13.8. The molecule has 252 valence electrons. The van der Waals surface area contributed by atoms with Gasteiger partial charge < -0.3 is 94.4 Å². The first-order chi connectivity index (χ1) is 20.2. The van der Waals surface area contributed by atoms with Gasteiger partial charge in [-0.3, -0.25) is 0 Å². The number of hydrogen-bond acceptors (Lipinski definition) is 19. The average molecular weight is 635 g/mol. The third kappa shape index (κ3) is 7.00. The molecule has 19 nitrogen and oxygen atoms in total. The fourth-order valence-electron chi connectivity index (χ4n) is 5.40. The maximum absolute atomic E-state index is 10.9. The molecule has 0 aliphatic carbocycles. The molecule has 0 radical (unpaired) electrons. The van der Waals surface area contributed by atoms with Crippen molar-refractivity contribution in [2.24, 2.45) is 0 Å². The molecule has 4 rings (SSSR count). The van der Waals surface area contributed by atoms with Gasteiger partial charge in [0, 0.05) is 0 Å². The van der Waals surface area contributed by atoms with Gasteiger partial charge in [-0.25, -0.2) is 0 Å². The summed E-state index contributed by atoms with van der Waals surface area (Å²) in [5.41, 5.74) is 0. The summed E-state index contributed by atoms with van der Waals surface area (Å²) >= 11 is 0. The largest absolute Gasteiger partial charge is 0.394 e. The van der Waals surface area contributed by atoms with Crippen LogP contribution < -0.4 is 0 Å². The first kappa shape index (κ1) is 35.1. The molecule has 0 spiro atoms. The van der Waals surface area contributed by atoms with E-state index in [4.69, 9.17) is 33.2 Å². The lowest BCUT2D eigenvalue weighted by atomic mass is 9.95. The van der Waals surface area contributed by atoms with Crippen molar-refractivity contribution in [1.82, 2.24) is 0 Å². The molecule has 43 heavy (non-hydrogen) atoms.